The fraction of sp³-hybridized carbons (Fsp3) is 0.375. The highest BCUT2D eigenvalue weighted by Crippen LogP contribution is 2.39. The van der Waals surface area contributed by atoms with Gasteiger partial charge in [0.1, 0.15) is 6.23 Å². The molecule has 2 aromatic carbocycles. The van der Waals surface area contributed by atoms with E-state index in [4.69, 9.17) is 0 Å². The van der Waals surface area contributed by atoms with Crippen LogP contribution in [0.15, 0.2) is 58.3 Å². The molecule has 0 aromatic heterocycles. The highest BCUT2D eigenvalue weighted by atomic mass is 32.2. The SMILES string of the molecule is CC(=O)N1CCN(C(O)/C=C/c2ccc(Sc3ccccc3C(C)C)c([N+](=O)[O-])c2)CC1. The van der Waals surface area contributed by atoms with E-state index in [0.717, 1.165) is 10.5 Å². The molecule has 1 N–H and O–H groups in total. The summed E-state index contributed by atoms with van der Waals surface area (Å²) in [6, 6.07) is 13.1. The van der Waals surface area contributed by atoms with Gasteiger partial charge in [-0.25, -0.2) is 0 Å². The van der Waals surface area contributed by atoms with Crippen LogP contribution in [-0.2, 0) is 4.79 Å². The molecule has 3 rings (SSSR count). The van der Waals surface area contributed by atoms with E-state index in [1.807, 2.05) is 35.2 Å². The van der Waals surface area contributed by atoms with Gasteiger partial charge in [-0.3, -0.25) is 19.8 Å². The smallest absolute Gasteiger partial charge is 0.283 e. The number of rotatable bonds is 7. The summed E-state index contributed by atoms with van der Waals surface area (Å²) in [6.45, 7) is 8.07. The molecule has 0 saturated carbocycles. The van der Waals surface area contributed by atoms with Crippen LogP contribution in [0.5, 0.6) is 0 Å². The van der Waals surface area contributed by atoms with E-state index in [2.05, 4.69) is 13.8 Å². The van der Waals surface area contributed by atoms with Crippen LogP contribution >= 0.6 is 11.8 Å². The summed E-state index contributed by atoms with van der Waals surface area (Å²) in [4.78, 5) is 28.0. The number of nitro groups is 1. The number of hydrogen-bond acceptors (Lipinski definition) is 6. The molecule has 0 aliphatic carbocycles. The molecule has 0 spiro atoms. The molecule has 1 atom stereocenters. The van der Waals surface area contributed by atoms with Crippen molar-refractivity contribution < 1.29 is 14.8 Å². The lowest BCUT2D eigenvalue weighted by Crippen LogP contribution is -2.51. The third kappa shape index (κ3) is 5.97. The molecule has 1 amide bonds. The minimum Gasteiger partial charge on any atom is -0.375 e. The Kier molecular flexibility index (Phi) is 8.06. The Labute approximate surface area is 192 Å². The van der Waals surface area contributed by atoms with Crippen molar-refractivity contribution in [2.75, 3.05) is 26.2 Å². The molecule has 170 valence electrons. The first-order valence-electron chi connectivity index (χ1n) is 10.7. The number of aliphatic hydroxyl groups excluding tert-OH is 1. The molecular formula is C24H29N3O4S. The van der Waals surface area contributed by atoms with Crippen molar-refractivity contribution in [3.63, 3.8) is 0 Å². The third-order valence-corrected chi connectivity index (χ3v) is 6.69. The molecule has 32 heavy (non-hydrogen) atoms. The lowest BCUT2D eigenvalue weighted by Gasteiger charge is -2.35. The summed E-state index contributed by atoms with van der Waals surface area (Å²) in [7, 11) is 0. The van der Waals surface area contributed by atoms with Gasteiger partial charge in [0, 0.05) is 44.1 Å². The van der Waals surface area contributed by atoms with Gasteiger partial charge in [0.25, 0.3) is 5.69 Å². The van der Waals surface area contributed by atoms with Crippen molar-refractivity contribution in [1.29, 1.82) is 0 Å². The van der Waals surface area contributed by atoms with E-state index in [-0.39, 0.29) is 16.5 Å². The molecule has 1 saturated heterocycles. The van der Waals surface area contributed by atoms with Crippen LogP contribution in [0, 0.1) is 10.1 Å². The average molecular weight is 456 g/mol. The van der Waals surface area contributed by atoms with E-state index in [0.29, 0.717) is 42.6 Å². The van der Waals surface area contributed by atoms with Gasteiger partial charge < -0.3 is 10.0 Å². The van der Waals surface area contributed by atoms with Crippen LogP contribution in [0.3, 0.4) is 0 Å². The minimum atomic E-state index is -0.810. The monoisotopic (exact) mass is 455 g/mol. The summed E-state index contributed by atoms with van der Waals surface area (Å²) < 4.78 is 0. The average Bonchev–Trinajstić information content (AvgIpc) is 2.78. The quantitative estimate of drug-likeness (QED) is 0.493. The van der Waals surface area contributed by atoms with Gasteiger partial charge in [0.15, 0.2) is 0 Å². The largest absolute Gasteiger partial charge is 0.375 e. The summed E-state index contributed by atoms with van der Waals surface area (Å²) in [5, 5.41) is 22.2. The molecule has 8 heteroatoms. The predicted octanol–water partition coefficient (Wildman–Crippen LogP) is 4.37. The summed E-state index contributed by atoms with van der Waals surface area (Å²) in [5.74, 6) is 0.356. The Morgan fingerprint density at radius 1 is 1.12 bits per heavy atom. The van der Waals surface area contributed by atoms with Crippen LogP contribution < -0.4 is 0 Å². The first kappa shape index (κ1) is 24.0. The molecule has 0 radical (unpaired) electrons. The molecule has 2 aromatic rings. The van der Waals surface area contributed by atoms with Crippen LogP contribution in [0.2, 0.25) is 0 Å². The molecule has 1 aliphatic heterocycles. The van der Waals surface area contributed by atoms with Crippen molar-refractivity contribution in [3.05, 3.63) is 69.8 Å². The number of nitrogens with zero attached hydrogens (tertiary/aromatic N) is 3. The molecule has 1 fully saturated rings. The van der Waals surface area contributed by atoms with Crippen LogP contribution in [0.1, 0.15) is 37.8 Å². The van der Waals surface area contributed by atoms with Gasteiger partial charge in [-0.2, -0.15) is 0 Å². The number of carbonyl (C=O) groups excluding carboxylic acids is 1. The van der Waals surface area contributed by atoms with Crippen molar-refractivity contribution in [3.8, 4) is 0 Å². The van der Waals surface area contributed by atoms with Crippen LogP contribution in [0.4, 0.5) is 5.69 Å². The van der Waals surface area contributed by atoms with Gasteiger partial charge in [0.2, 0.25) is 5.91 Å². The van der Waals surface area contributed by atoms with Crippen molar-refractivity contribution in [2.24, 2.45) is 0 Å². The predicted molar refractivity (Wildman–Crippen MR) is 127 cm³/mol. The van der Waals surface area contributed by atoms with Gasteiger partial charge in [0.05, 0.1) is 9.82 Å². The zero-order valence-electron chi connectivity index (χ0n) is 18.6. The van der Waals surface area contributed by atoms with E-state index in [1.165, 1.54) is 17.8 Å². The lowest BCUT2D eigenvalue weighted by atomic mass is 10.0. The third-order valence-electron chi connectivity index (χ3n) is 5.54. The van der Waals surface area contributed by atoms with Crippen molar-refractivity contribution >= 4 is 29.4 Å². The number of aliphatic hydroxyl groups is 1. The zero-order valence-corrected chi connectivity index (χ0v) is 19.4. The van der Waals surface area contributed by atoms with Gasteiger partial charge in [-0.15, -0.1) is 0 Å². The number of hydrogen-bond donors (Lipinski definition) is 1. The summed E-state index contributed by atoms with van der Waals surface area (Å²) in [5.41, 5.74) is 1.85. The Bertz CT molecular complexity index is 1000. The second kappa shape index (κ2) is 10.8. The Morgan fingerprint density at radius 2 is 1.81 bits per heavy atom. The zero-order chi connectivity index (χ0) is 23.3. The normalized spacial score (nSPS) is 16.0. The molecule has 1 heterocycles. The summed E-state index contributed by atoms with van der Waals surface area (Å²) in [6.07, 6.45) is 2.52. The number of carbonyl (C=O) groups is 1. The lowest BCUT2D eigenvalue weighted by molar-refractivity contribution is -0.387. The highest BCUT2D eigenvalue weighted by molar-refractivity contribution is 7.99. The second-order valence-electron chi connectivity index (χ2n) is 8.09. The fourth-order valence-electron chi connectivity index (χ4n) is 3.66. The molecule has 1 unspecified atom stereocenters. The molecule has 0 bridgehead atoms. The number of nitro benzene ring substituents is 1. The van der Waals surface area contributed by atoms with Gasteiger partial charge in [-0.1, -0.05) is 56.0 Å². The molecule has 1 aliphatic rings. The topological polar surface area (TPSA) is 86.9 Å². The number of amides is 1. The Morgan fingerprint density at radius 3 is 2.44 bits per heavy atom. The molecular weight excluding hydrogens is 426 g/mol. The van der Waals surface area contributed by atoms with Crippen molar-refractivity contribution in [2.45, 2.75) is 42.7 Å². The van der Waals surface area contributed by atoms with Gasteiger partial charge >= 0.3 is 0 Å². The number of benzene rings is 2. The Balaban J connectivity index is 1.74. The van der Waals surface area contributed by atoms with E-state index in [1.54, 1.807) is 30.0 Å². The maximum Gasteiger partial charge on any atom is 0.283 e. The first-order valence-corrected chi connectivity index (χ1v) is 11.5. The highest BCUT2D eigenvalue weighted by Gasteiger charge is 2.22. The second-order valence-corrected chi connectivity index (χ2v) is 9.18. The minimum absolute atomic E-state index is 0.0379. The first-order chi connectivity index (χ1) is 15.3. The summed E-state index contributed by atoms with van der Waals surface area (Å²) >= 11 is 1.40. The number of piperazine rings is 1. The van der Waals surface area contributed by atoms with E-state index >= 15 is 0 Å². The van der Waals surface area contributed by atoms with E-state index in [9.17, 15) is 20.0 Å². The van der Waals surface area contributed by atoms with Crippen LogP contribution in [0.25, 0.3) is 6.08 Å². The maximum atomic E-state index is 11.7. The molecule has 7 nitrogen and oxygen atoms in total. The fourth-order valence-corrected chi connectivity index (χ4v) is 4.84. The van der Waals surface area contributed by atoms with E-state index < -0.39 is 6.23 Å². The van der Waals surface area contributed by atoms with Crippen LogP contribution in [-0.4, -0.2) is 58.1 Å². The van der Waals surface area contributed by atoms with Crippen molar-refractivity contribution in [1.82, 2.24) is 9.80 Å². The maximum absolute atomic E-state index is 11.7. The standard InChI is InChI=1S/C24H29N3O4S/c1-17(2)20-6-4-5-7-22(20)32-23-10-8-19(16-21(23)27(30)31)9-11-24(29)26-14-12-25(13-15-26)18(3)28/h4-11,16-17,24,29H,12-15H2,1-3H3/b11-9+. The Hall–Kier alpha value is -2.68. The van der Waals surface area contributed by atoms with Gasteiger partial charge in [-0.05, 0) is 35.3 Å².